The number of halogens is 1. The normalized spacial score (nSPS) is 10.7. The van der Waals surface area contributed by atoms with Crippen molar-refractivity contribution < 1.29 is 18.3 Å². The van der Waals surface area contributed by atoms with Gasteiger partial charge in [-0.05, 0) is 30.3 Å². The van der Waals surface area contributed by atoms with Gasteiger partial charge in [-0.2, -0.15) is 0 Å². The molecule has 0 fully saturated rings. The molecule has 0 spiro atoms. The number of furan rings is 1. The molecule has 2 aromatic heterocycles. The Morgan fingerprint density at radius 1 is 1.20 bits per heavy atom. The topological polar surface area (TPSA) is 65.2 Å². The lowest BCUT2D eigenvalue weighted by Gasteiger charge is -1.98. The highest BCUT2D eigenvalue weighted by molar-refractivity contribution is 6.07. The first kappa shape index (κ1) is 12.3. The van der Waals surface area contributed by atoms with Crippen molar-refractivity contribution in [2.75, 3.05) is 7.11 Å². The van der Waals surface area contributed by atoms with Gasteiger partial charge in [-0.15, -0.1) is 10.2 Å². The van der Waals surface area contributed by atoms with Crippen LogP contribution in [-0.4, -0.2) is 23.1 Å². The Balaban J connectivity index is 1.98. The van der Waals surface area contributed by atoms with E-state index in [9.17, 15) is 9.18 Å². The van der Waals surface area contributed by atoms with Crippen molar-refractivity contribution in [3.8, 4) is 5.88 Å². The number of methoxy groups -OCH3 is 1. The summed E-state index contributed by atoms with van der Waals surface area (Å²) < 4.78 is 23.3. The molecule has 100 valence electrons. The van der Waals surface area contributed by atoms with Crippen LogP contribution >= 0.6 is 0 Å². The van der Waals surface area contributed by atoms with E-state index in [1.54, 1.807) is 0 Å². The van der Waals surface area contributed by atoms with Crippen molar-refractivity contribution in [2.45, 2.75) is 0 Å². The lowest BCUT2D eigenvalue weighted by Crippen LogP contribution is -2.04. The Hall–Kier alpha value is -2.76. The van der Waals surface area contributed by atoms with E-state index in [0.717, 1.165) is 0 Å². The second kappa shape index (κ2) is 4.73. The van der Waals surface area contributed by atoms with Crippen LogP contribution < -0.4 is 4.74 Å². The predicted molar refractivity (Wildman–Crippen MR) is 68.2 cm³/mol. The summed E-state index contributed by atoms with van der Waals surface area (Å²) in [6, 6.07) is 8.54. The molecule has 0 N–H and O–H groups in total. The standard InChI is InChI=1S/C14H9FN2O3/c1-19-13-5-3-10(16-17-13)14(18)12-7-8-6-9(15)2-4-11(8)20-12/h2-7H,1H3. The number of rotatable bonds is 3. The summed E-state index contributed by atoms with van der Waals surface area (Å²) in [6.45, 7) is 0. The van der Waals surface area contributed by atoms with Crippen LogP contribution in [0.2, 0.25) is 0 Å². The largest absolute Gasteiger partial charge is 0.480 e. The van der Waals surface area contributed by atoms with Crippen LogP contribution in [0.3, 0.4) is 0 Å². The molecule has 2 heterocycles. The first-order valence-electron chi connectivity index (χ1n) is 5.79. The molecule has 20 heavy (non-hydrogen) atoms. The van der Waals surface area contributed by atoms with Crippen molar-refractivity contribution in [3.63, 3.8) is 0 Å². The van der Waals surface area contributed by atoms with Crippen molar-refractivity contribution in [1.29, 1.82) is 0 Å². The summed E-state index contributed by atoms with van der Waals surface area (Å²) in [7, 11) is 1.46. The van der Waals surface area contributed by atoms with E-state index in [2.05, 4.69) is 10.2 Å². The molecule has 0 saturated carbocycles. The highest BCUT2D eigenvalue weighted by Crippen LogP contribution is 2.22. The minimum absolute atomic E-state index is 0.0880. The van der Waals surface area contributed by atoms with E-state index in [0.29, 0.717) is 16.8 Å². The molecule has 0 saturated heterocycles. The third kappa shape index (κ3) is 2.11. The number of ether oxygens (including phenoxy) is 1. The van der Waals surface area contributed by atoms with Gasteiger partial charge >= 0.3 is 0 Å². The Kier molecular flexibility index (Phi) is 2.90. The average Bonchev–Trinajstić information content (AvgIpc) is 2.89. The van der Waals surface area contributed by atoms with Gasteiger partial charge in [0.2, 0.25) is 11.7 Å². The minimum atomic E-state index is -0.420. The van der Waals surface area contributed by atoms with Crippen molar-refractivity contribution in [3.05, 3.63) is 53.7 Å². The minimum Gasteiger partial charge on any atom is -0.480 e. The van der Waals surface area contributed by atoms with Gasteiger partial charge in [-0.1, -0.05) is 0 Å². The maximum absolute atomic E-state index is 13.1. The van der Waals surface area contributed by atoms with Gasteiger partial charge in [0.05, 0.1) is 7.11 Å². The lowest BCUT2D eigenvalue weighted by atomic mass is 10.2. The van der Waals surface area contributed by atoms with Crippen LogP contribution in [0.1, 0.15) is 16.2 Å². The van der Waals surface area contributed by atoms with Crippen molar-refractivity contribution in [2.24, 2.45) is 0 Å². The van der Waals surface area contributed by atoms with Crippen LogP contribution in [0.25, 0.3) is 11.0 Å². The van der Waals surface area contributed by atoms with E-state index >= 15 is 0 Å². The molecule has 5 nitrogen and oxygen atoms in total. The zero-order valence-electron chi connectivity index (χ0n) is 10.5. The fourth-order valence-electron chi connectivity index (χ4n) is 1.80. The molecule has 1 aromatic carbocycles. The second-order valence-corrected chi connectivity index (χ2v) is 4.08. The fourth-order valence-corrected chi connectivity index (χ4v) is 1.80. The van der Waals surface area contributed by atoms with Crippen LogP contribution in [-0.2, 0) is 0 Å². The monoisotopic (exact) mass is 272 g/mol. The number of fused-ring (bicyclic) bond motifs is 1. The van der Waals surface area contributed by atoms with Crippen molar-refractivity contribution >= 4 is 16.8 Å². The highest BCUT2D eigenvalue weighted by atomic mass is 19.1. The van der Waals surface area contributed by atoms with Crippen molar-refractivity contribution in [1.82, 2.24) is 10.2 Å². The van der Waals surface area contributed by atoms with Gasteiger partial charge in [0.15, 0.2) is 5.76 Å². The Labute approximate surface area is 113 Å². The number of hydrogen-bond donors (Lipinski definition) is 0. The number of benzene rings is 1. The molecular formula is C14H9FN2O3. The molecular weight excluding hydrogens is 263 g/mol. The average molecular weight is 272 g/mol. The van der Waals surface area contributed by atoms with Crippen LogP contribution in [0.15, 0.2) is 40.8 Å². The number of carbonyl (C=O) groups excluding carboxylic acids is 1. The predicted octanol–water partition coefficient (Wildman–Crippen LogP) is 2.60. The first-order chi connectivity index (χ1) is 9.67. The quantitative estimate of drug-likeness (QED) is 0.686. The van der Waals surface area contributed by atoms with E-state index in [1.807, 2.05) is 0 Å². The Morgan fingerprint density at radius 3 is 2.75 bits per heavy atom. The van der Waals surface area contributed by atoms with Gasteiger partial charge in [0, 0.05) is 11.5 Å². The van der Waals surface area contributed by atoms with Crippen LogP contribution in [0, 0.1) is 5.82 Å². The SMILES string of the molecule is COc1ccc(C(=O)c2cc3cc(F)ccc3o2)nn1. The Bertz CT molecular complexity index is 781. The maximum Gasteiger partial charge on any atom is 0.248 e. The summed E-state index contributed by atoms with van der Waals surface area (Å²) >= 11 is 0. The van der Waals surface area contributed by atoms with E-state index in [1.165, 1.54) is 43.5 Å². The molecule has 0 bridgehead atoms. The summed E-state index contributed by atoms with van der Waals surface area (Å²) in [4.78, 5) is 12.2. The molecule has 3 aromatic rings. The Morgan fingerprint density at radius 2 is 2.05 bits per heavy atom. The number of aromatic nitrogens is 2. The third-order valence-electron chi connectivity index (χ3n) is 2.78. The zero-order valence-corrected chi connectivity index (χ0v) is 10.5. The zero-order chi connectivity index (χ0) is 14.1. The molecule has 0 radical (unpaired) electrons. The van der Waals surface area contributed by atoms with Gasteiger partial charge < -0.3 is 9.15 Å². The van der Waals surface area contributed by atoms with Crippen LogP contribution in [0.5, 0.6) is 5.88 Å². The molecule has 3 rings (SSSR count). The molecule has 0 aliphatic rings. The molecule has 0 amide bonds. The van der Waals surface area contributed by atoms with E-state index < -0.39 is 5.78 Å². The molecule has 0 aliphatic carbocycles. The third-order valence-corrected chi connectivity index (χ3v) is 2.78. The molecule has 6 heteroatoms. The smallest absolute Gasteiger partial charge is 0.248 e. The number of carbonyl (C=O) groups is 1. The lowest BCUT2D eigenvalue weighted by molar-refractivity contribution is 0.100. The number of nitrogens with zero attached hydrogens (tertiary/aromatic N) is 2. The van der Waals surface area contributed by atoms with Gasteiger partial charge in [-0.25, -0.2) is 4.39 Å². The highest BCUT2D eigenvalue weighted by Gasteiger charge is 2.16. The number of hydrogen-bond acceptors (Lipinski definition) is 5. The first-order valence-corrected chi connectivity index (χ1v) is 5.79. The summed E-state index contributed by atoms with van der Waals surface area (Å²) in [6.07, 6.45) is 0. The number of ketones is 1. The van der Waals surface area contributed by atoms with Gasteiger partial charge in [-0.3, -0.25) is 4.79 Å². The van der Waals surface area contributed by atoms with Gasteiger partial charge in [0.25, 0.3) is 0 Å². The van der Waals surface area contributed by atoms with Gasteiger partial charge in [0.1, 0.15) is 17.1 Å². The van der Waals surface area contributed by atoms with E-state index in [4.69, 9.17) is 9.15 Å². The summed E-state index contributed by atoms with van der Waals surface area (Å²) in [5, 5.41) is 7.99. The van der Waals surface area contributed by atoms with Crippen LogP contribution in [0.4, 0.5) is 4.39 Å². The second-order valence-electron chi connectivity index (χ2n) is 4.08. The van der Waals surface area contributed by atoms with E-state index in [-0.39, 0.29) is 17.3 Å². The fraction of sp³-hybridized carbons (Fsp3) is 0.0714. The molecule has 0 atom stereocenters. The molecule has 0 unspecified atom stereocenters. The maximum atomic E-state index is 13.1. The molecule has 0 aliphatic heterocycles. The summed E-state index contributed by atoms with van der Waals surface area (Å²) in [5.41, 5.74) is 0.571. The summed E-state index contributed by atoms with van der Waals surface area (Å²) in [5.74, 6) is -0.406.